The van der Waals surface area contributed by atoms with Crippen molar-refractivity contribution in [1.82, 2.24) is 24.7 Å². The maximum Gasteiger partial charge on any atom is 0.159 e. The van der Waals surface area contributed by atoms with Gasteiger partial charge in [-0.25, -0.2) is 13.8 Å². The molecule has 8 heteroatoms. The second kappa shape index (κ2) is 7.73. The lowest BCUT2D eigenvalue weighted by Crippen LogP contribution is -2.09. The number of benzene rings is 2. The van der Waals surface area contributed by atoms with Crippen LogP contribution < -0.4 is 5.73 Å². The minimum absolute atomic E-state index is 0.518. The van der Waals surface area contributed by atoms with Crippen molar-refractivity contribution < 1.29 is 8.78 Å². The van der Waals surface area contributed by atoms with Crippen LogP contribution in [-0.4, -0.2) is 31.3 Å². The Hall–Kier alpha value is -3.91. The molecule has 0 amide bonds. The summed E-state index contributed by atoms with van der Waals surface area (Å²) in [6.07, 6.45) is 7.08. The number of nitrogens with one attached hydrogen (secondary N) is 1. The first kappa shape index (κ1) is 19.1. The standard InChI is InChI=1S/C23H18F2N6/c24-19-3-1-15(9-20(19)25)23-22(28-13-29-23)14-2-4-21-16(7-14)8-17(10-27-21)18-11-30-31(12-18)6-5-26/h1-4,7-13H,5-6,26H2,(H,28,29). The van der Waals surface area contributed by atoms with Crippen LogP contribution in [0.15, 0.2) is 67.4 Å². The van der Waals surface area contributed by atoms with Crippen molar-refractivity contribution in [1.29, 1.82) is 0 Å². The Labute approximate surface area is 176 Å². The van der Waals surface area contributed by atoms with E-state index in [1.165, 1.54) is 12.4 Å². The van der Waals surface area contributed by atoms with E-state index in [9.17, 15) is 8.78 Å². The molecule has 3 heterocycles. The highest BCUT2D eigenvalue weighted by molar-refractivity contribution is 5.89. The van der Waals surface area contributed by atoms with Gasteiger partial charge in [-0.05, 0) is 36.4 Å². The summed E-state index contributed by atoms with van der Waals surface area (Å²) in [6, 6.07) is 11.6. The van der Waals surface area contributed by atoms with Gasteiger partial charge in [-0.15, -0.1) is 0 Å². The Kier molecular flexibility index (Phi) is 4.76. The maximum atomic E-state index is 13.7. The first-order chi connectivity index (χ1) is 15.1. The molecule has 0 aliphatic heterocycles. The molecule has 0 spiro atoms. The van der Waals surface area contributed by atoms with Gasteiger partial charge in [0.2, 0.25) is 0 Å². The van der Waals surface area contributed by atoms with Gasteiger partial charge in [-0.1, -0.05) is 6.07 Å². The highest BCUT2D eigenvalue weighted by Gasteiger charge is 2.14. The molecule has 0 bridgehead atoms. The number of imidazole rings is 1. The van der Waals surface area contributed by atoms with Crippen LogP contribution in [0.4, 0.5) is 8.78 Å². The lowest BCUT2D eigenvalue weighted by molar-refractivity contribution is 0.509. The van der Waals surface area contributed by atoms with Gasteiger partial charge in [0.1, 0.15) is 0 Å². The number of H-pyrrole nitrogens is 1. The minimum Gasteiger partial charge on any atom is -0.344 e. The average molecular weight is 416 g/mol. The Morgan fingerprint density at radius 2 is 1.71 bits per heavy atom. The predicted molar refractivity (Wildman–Crippen MR) is 115 cm³/mol. The van der Waals surface area contributed by atoms with E-state index in [-0.39, 0.29) is 0 Å². The Morgan fingerprint density at radius 1 is 0.871 bits per heavy atom. The zero-order chi connectivity index (χ0) is 21.4. The SMILES string of the molecule is NCCn1cc(-c2cnc3ccc(-c4nc[nH]c4-c4ccc(F)c(F)c4)cc3c2)cn1. The third-order valence-corrected chi connectivity index (χ3v) is 5.13. The summed E-state index contributed by atoms with van der Waals surface area (Å²) in [4.78, 5) is 12.0. The fourth-order valence-electron chi connectivity index (χ4n) is 3.59. The largest absolute Gasteiger partial charge is 0.344 e. The molecule has 0 saturated heterocycles. The van der Waals surface area contributed by atoms with Crippen molar-refractivity contribution in [3.8, 4) is 33.6 Å². The van der Waals surface area contributed by atoms with Crippen molar-refractivity contribution in [2.45, 2.75) is 6.54 Å². The first-order valence-corrected chi connectivity index (χ1v) is 9.74. The summed E-state index contributed by atoms with van der Waals surface area (Å²) < 4.78 is 28.9. The summed E-state index contributed by atoms with van der Waals surface area (Å²) in [7, 11) is 0. The minimum atomic E-state index is -0.902. The molecule has 2 aromatic carbocycles. The Bertz CT molecular complexity index is 1390. The van der Waals surface area contributed by atoms with Crippen molar-refractivity contribution in [3.05, 3.63) is 79.0 Å². The molecule has 0 unspecified atom stereocenters. The number of nitrogens with two attached hydrogens (primary N) is 1. The summed E-state index contributed by atoms with van der Waals surface area (Å²) >= 11 is 0. The van der Waals surface area contributed by atoms with E-state index in [4.69, 9.17) is 5.73 Å². The number of aromatic amines is 1. The molecule has 6 nitrogen and oxygen atoms in total. The van der Waals surface area contributed by atoms with Crippen molar-refractivity contribution in [2.75, 3.05) is 6.54 Å². The number of hydrogen-bond acceptors (Lipinski definition) is 4. The number of pyridine rings is 1. The number of halogens is 2. The van der Waals surface area contributed by atoms with Crippen LogP contribution >= 0.6 is 0 Å². The number of aromatic nitrogens is 5. The zero-order valence-electron chi connectivity index (χ0n) is 16.4. The third-order valence-electron chi connectivity index (χ3n) is 5.13. The van der Waals surface area contributed by atoms with Crippen LogP contribution in [0, 0.1) is 11.6 Å². The van der Waals surface area contributed by atoms with Crippen LogP contribution in [0.3, 0.4) is 0 Å². The first-order valence-electron chi connectivity index (χ1n) is 9.74. The fourth-order valence-corrected chi connectivity index (χ4v) is 3.59. The van der Waals surface area contributed by atoms with Crippen LogP contribution in [0.25, 0.3) is 44.5 Å². The van der Waals surface area contributed by atoms with Gasteiger partial charge >= 0.3 is 0 Å². The van der Waals surface area contributed by atoms with Gasteiger partial charge in [0.25, 0.3) is 0 Å². The van der Waals surface area contributed by atoms with Gasteiger partial charge in [0.15, 0.2) is 11.6 Å². The molecule has 0 saturated carbocycles. The Morgan fingerprint density at radius 3 is 2.55 bits per heavy atom. The molecular weight excluding hydrogens is 398 g/mol. The quantitative estimate of drug-likeness (QED) is 0.445. The smallest absolute Gasteiger partial charge is 0.159 e. The molecule has 0 fully saturated rings. The molecule has 31 heavy (non-hydrogen) atoms. The molecule has 154 valence electrons. The van der Waals surface area contributed by atoms with Gasteiger partial charge < -0.3 is 10.7 Å². The van der Waals surface area contributed by atoms with E-state index < -0.39 is 11.6 Å². The van der Waals surface area contributed by atoms with E-state index in [0.29, 0.717) is 30.0 Å². The van der Waals surface area contributed by atoms with E-state index in [1.807, 2.05) is 36.7 Å². The molecular formula is C23H18F2N6. The lowest BCUT2D eigenvalue weighted by Gasteiger charge is -2.07. The van der Waals surface area contributed by atoms with Crippen LogP contribution in [-0.2, 0) is 6.54 Å². The molecule has 5 aromatic rings. The predicted octanol–water partition coefficient (Wildman–Crippen LogP) is 4.39. The highest BCUT2D eigenvalue weighted by Crippen LogP contribution is 2.32. The van der Waals surface area contributed by atoms with E-state index in [1.54, 1.807) is 10.9 Å². The molecule has 0 radical (unpaired) electrons. The van der Waals surface area contributed by atoms with Crippen molar-refractivity contribution in [2.24, 2.45) is 5.73 Å². The van der Waals surface area contributed by atoms with Gasteiger partial charge in [-0.2, -0.15) is 5.10 Å². The Balaban J connectivity index is 1.55. The summed E-state index contributed by atoms with van der Waals surface area (Å²) in [5, 5.41) is 5.25. The second-order valence-electron chi connectivity index (χ2n) is 7.17. The molecule has 3 N–H and O–H groups in total. The summed E-state index contributed by atoms with van der Waals surface area (Å²) in [5.74, 6) is -1.79. The van der Waals surface area contributed by atoms with Crippen molar-refractivity contribution >= 4 is 10.9 Å². The fraction of sp³-hybridized carbons (Fsp3) is 0.0870. The molecule has 5 rings (SSSR count). The third kappa shape index (κ3) is 3.57. The number of hydrogen-bond donors (Lipinski definition) is 2. The van der Waals surface area contributed by atoms with Crippen LogP contribution in [0.2, 0.25) is 0 Å². The topological polar surface area (TPSA) is 85.4 Å². The van der Waals surface area contributed by atoms with Gasteiger partial charge in [0, 0.05) is 46.6 Å². The average Bonchev–Trinajstić information content (AvgIpc) is 3.45. The van der Waals surface area contributed by atoms with Crippen LogP contribution in [0.5, 0.6) is 0 Å². The zero-order valence-corrected chi connectivity index (χ0v) is 16.4. The van der Waals surface area contributed by atoms with E-state index >= 15 is 0 Å². The highest BCUT2D eigenvalue weighted by atomic mass is 19.2. The molecule has 3 aromatic heterocycles. The maximum absolute atomic E-state index is 13.7. The number of fused-ring (bicyclic) bond motifs is 1. The molecule has 0 aliphatic carbocycles. The molecule has 0 aliphatic rings. The number of nitrogens with zero attached hydrogens (tertiary/aromatic N) is 4. The normalized spacial score (nSPS) is 11.3. The summed E-state index contributed by atoms with van der Waals surface area (Å²) in [6.45, 7) is 1.17. The van der Waals surface area contributed by atoms with Crippen LogP contribution in [0.1, 0.15) is 0 Å². The second-order valence-corrected chi connectivity index (χ2v) is 7.17. The van der Waals surface area contributed by atoms with E-state index in [0.717, 1.165) is 39.7 Å². The van der Waals surface area contributed by atoms with Gasteiger partial charge in [-0.3, -0.25) is 9.67 Å². The lowest BCUT2D eigenvalue weighted by atomic mass is 10.0. The van der Waals surface area contributed by atoms with E-state index in [2.05, 4.69) is 20.1 Å². The monoisotopic (exact) mass is 416 g/mol. The molecule has 0 atom stereocenters. The van der Waals surface area contributed by atoms with Gasteiger partial charge in [0.05, 0.1) is 36.0 Å². The number of rotatable bonds is 5. The summed E-state index contributed by atoms with van der Waals surface area (Å²) in [5.41, 5.74) is 11.0. The van der Waals surface area contributed by atoms with Crippen molar-refractivity contribution in [3.63, 3.8) is 0 Å².